The van der Waals surface area contributed by atoms with Crippen molar-refractivity contribution in [1.29, 1.82) is 0 Å². The van der Waals surface area contributed by atoms with Crippen molar-refractivity contribution >= 4 is 33.0 Å². The summed E-state index contributed by atoms with van der Waals surface area (Å²) in [5.74, 6) is -0.849. The number of thiophene rings is 1. The van der Waals surface area contributed by atoms with Gasteiger partial charge in [0.2, 0.25) is 0 Å². The number of halogens is 1. The molecule has 29 heavy (non-hydrogen) atoms. The number of hydrogen-bond donors (Lipinski definition) is 3. The van der Waals surface area contributed by atoms with Gasteiger partial charge in [0, 0.05) is 5.56 Å². The second kappa shape index (κ2) is 8.47. The lowest BCUT2D eigenvalue weighted by Gasteiger charge is -2.19. The second-order valence-corrected chi connectivity index (χ2v) is 10.8. The number of nitrogens with one attached hydrogen (secondary N) is 1. The van der Waals surface area contributed by atoms with E-state index in [1.54, 1.807) is 33.1 Å². The Balaban J connectivity index is 2.46. The van der Waals surface area contributed by atoms with Gasteiger partial charge in [0.15, 0.2) is 9.92 Å². The number of anilines is 1. The van der Waals surface area contributed by atoms with E-state index >= 15 is 0 Å². The van der Waals surface area contributed by atoms with E-state index in [9.17, 15) is 18.5 Å². The number of nitrogens with two attached hydrogens (primary N) is 1. The van der Waals surface area contributed by atoms with Gasteiger partial charge in [-0.05, 0) is 42.7 Å². The van der Waals surface area contributed by atoms with E-state index in [2.05, 4.69) is 14.7 Å². The highest BCUT2D eigenvalue weighted by Crippen LogP contribution is 2.33. The molecule has 2 rings (SSSR count). The van der Waals surface area contributed by atoms with Crippen LogP contribution >= 0.6 is 11.3 Å². The third-order valence-electron chi connectivity index (χ3n) is 4.24. The summed E-state index contributed by atoms with van der Waals surface area (Å²) >= 11 is 1.04. The molecule has 4 N–H and O–H groups in total. The monoisotopic (exact) mass is 442 g/mol. The minimum Gasteiger partial charge on any atom is -0.386 e. The Morgan fingerprint density at radius 3 is 2.45 bits per heavy atom. The predicted octanol–water partition coefficient (Wildman–Crippen LogP) is 4.69. The molecule has 0 unspecified atom stereocenters. The molecule has 2 heterocycles. The Kier molecular flexibility index (Phi) is 6.83. The number of carbonyl (C=O) groups is 1. The summed E-state index contributed by atoms with van der Waals surface area (Å²) in [4.78, 5) is 16.6. The van der Waals surface area contributed by atoms with E-state index in [1.807, 2.05) is 13.8 Å². The van der Waals surface area contributed by atoms with E-state index in [-0.39, 0.29) is 21.7 Å². The van der Waals surface area contributed by atoms with Crippen LogP contribution in [0, 0.1) is 5.82 Å². The Hall–Kier alpha value is -1.88. The summed E-state index contributed by atoms with van der Waals surface area (Å²) < 4.78 is 31.0. The quantitative estimate of drug-likeness (QED) is 0.622. The lowest BCUT2D eigenvalue weighted by atomic mass is 9.96. The lowest BCUT2D eigenvalue weighted by Crippen LogP contribution is -2.19. The minimum atomic E-state index is -3.54. The maximum atomic E-state index is 14.4. The van der Waals surface area contributed by atoms with Gasteiger partial charge >= 0.3 is 6.03 Å². The van der Waals surface area contributed by atoms with Crippen LogP contribution in [0.15, 0.2) is 26.2 Å². The number of nitrogens with zero attached hydrogens (tertiary/aromatic N) is 2. The normalized spacial score (nSPS) is 14.2. The van der Waals surface area contributed by atoms with E-state index in [4.69, 9.17) is 5.14 Å². The SMILES string of the molecule is CC(C)c1ncc(F)c(C(C)C)c1NC(=O)N=[S@@](N)(=O)c1cc(C(C)(C)O)cs1. The molecule has 2 amide bonds. The van der Waals surface area contributed by atoms with Crippen molar-refractivity contribution in [2.45, 2.75) is 63.2 Å². The summed E-state index contributed by atoms with van der Waals surface area (Å²) in [5, 5.41) is 20.0. The predicted molar refractivity (Wildman–Crippen MR) is 114 cm³/mol. The first-order valence-electron chi connectivity index (χ1n) is 9.09. The third kappa shape index (κ3) is 5.39. The first kappa shape index (κ1) is 23.4. The highest BCUT2D eigenvalue weighted by Gasteiger charge is 2.23. The number of amides is 2. The number of rotatable bonds is 5. The first-order chi connectivity index (χ1) is 13.2. The highest BCUT2D eigenvalue weighted by atomic mass is 32.2. The van der Waals surface area contributed by atoms with E-state index in [0.717, 1.165) is 17.5 Å². The van der Waals surface area contributed by atoms with Crippen LogP contribution < -0.4 is 10.5 Å². The Bertz CT molecular complexity index is 1030. The van der Waals surface area contributed by atoms with Crippen molar-refractivity contribution in [2.24, 2.45) is 9.50 Å². The number of aliphatic hydroxyl groups is 1. The molecule has 0 spiro atoms. The number of pyridine rings is 1. The molecule has 0 fully saturated rings. The number of hydrogen-bond acceptors (Lipinski definition) is 5. The van der Waals surface area contributed by atoms with Crippen molar-refractivity contribution < 1.29 is 18.5 Å². The fourth-order valence-electron chi connectivity index (χ4n) is 2.74. The summed E-state index contributed by atoms with van der Waals surface area (Å²) in [5.41, 5.74) is 0.406. The average molecular weight is 443 g/mol. The Labute approximate surface area is 174 Å². The van der Waals surface area contributed by atoms with Gasteiger partial charge in [0.1, 0.15) is 10.0 Å². The fourth-order valence-corrected chi connectivity index (χ4v) is 5.02. The molecule has 10 heteroatoms. The number of urea groups is 1. The third-order valence-corrected chi connectivity index (χ3v) is 7.10. The smallest absolute Gasteiger partial charge is 0.354 e. The first-order valence-corrected chi connectivity index (χ1v) is 11.6. The van der Waals surface area contributed by atoms with E-state index in [0.29, 0.717) is 16.8 Å². The molecule has 0 bridgehead atoms. The van der Waals surface area contributed by atoms with Crippen LogP contribution in [-0.4, -0.2) is 20.3 Å². The van der Waals surface area contributed by atoms with Crippen LogP contribution in [-0.2, 0) is 15.5 Å². The molecule has 7 nitrogen and oxygen atoms in total. The molecule has 0 saturated carbocycles. The summed E-state index contributed by atoms with van der Waals surface area (Å²) in [6.45, 7) is 10.5. The summed E-state index contributed by atoms with van der Waals surface area (Å²) in [6.07, 6.45) is 1.13. The molecule has 0 saturated heterocycles. The average Bonchev–Trinajstić information content (AvgIpc) is 3.04. The summed E-state index contributed by atoms with van der Waals surface area (Å²) in [6, 6.07) is 0.513. The van der Waals surface area contributed by atoms with Crippen LogP contribution in [0.2, 0.25) is 0 Å². The van der Waals surface area contributed by atoms with Gasteiger partial charge in [-0.3, -0.25) is 4.98 Å². The van der Waals surface area contributed by atoms with Crippen molar-refractivity contribution in [1.82, 2.24) is 4.98 Å². The number of carbonyl (C=O) groups excluding carboxylic acids is 1. The van der Waals surface area contributed by atoms with E-state index < -0.39 is 27.4 Å². The number of aromatic nitrogens is 1. The van der Waals surface area contributed by atoms with Gasteiger partial charge in [-0.2, -0.15) is 0 Å². The molecule has 2 aromatic heterocycles. The van der Waals surface area contributed by atoms with Crippen LogP contribution in [0.1, 0.15) is 70.2 Å². The maximum Gasteiger partial charge on any atom is 0.354 e. The Morgan fingerprint density at radius 1 is 1.34 bits per heavy atom. The largest absolute Gasteiger partial charge is 0.386 e. The highest BCUT2D eigenvalue weighted by molar-refractivity contribution is 7.93. The van der Waals surface area contributed by atoms with Gasteiger partial charge in [-0.1, -0.05) is 27.7 Å². The fraction of sp³-hybridized carbons (Fsp3) is 0.474. The van der Waals surface area contributed by atoms with Gasteiger partial charge in [0.05, 0.1) is 23.2 Å². The molecule has 2 aromatic rings. The molecular formula is C19H27FN4O3S2. The molecule has 0 aromatic carbocycles. The minimum absolute atomic E-state index is 0.0859. The van der Waals surface area contributed by atoms with Gasteiger partial charge in [0.25, 0.3) is 0 Å². The molecule has 0 radical (unpaired) electrons. The van der Waals surface area contributed by atoms with Crippen LogP contribution in [0.5, 0.6) is 0 Å². The molecule has 160 valence electrons. The van der Waals surface area contributed by atoms with Crippen LogP contribution in [0.25, 0.3) is 0 Å². The van der Waals surface area contributed by atoms with Gasteiger partial charge in [-0.25, -0.2) is 18.5 Å². The zero-order valence-electron chi connectivity index (χ0n) is 17.3. The van der Waals surface area contributed by atoms with Crippen LogP contribution in [0.4, 0.5) is 14.9 Å². The molecule has 1 atom stereocenters. The molecular weight excluding hydrogens is 415 g/mol. The molecule has 0 aliphatic heterocycles. The molecule has 0 aliphatic carbocycles. The zero-order valence-corrected chi connectivity index (χ0v) is 18.9. The summed E-state index contributed by atoms with van der Waals surface area (Å²) in [7, 11) is -3.54. The van der Waals surface area contributed by atoms with Crippen molar-refractivity contribution in [3.63, 3.8) is 0 Å². The topological polar surface area (TPSA) is 118 Å². The second-order valence-electron chi connectivity index (χ2n) is 7.89. The maximum absolute atomic E-state index is 14.4. The Morgan fingerprint density at radius 2 is 1.97 bits per heavy atom. The zero-order chi connectivity index (χ0) is 22.1. The molecule has 0 aliphatic rings. The van der Waals surface area contributed by atoms with Gasteiger partial charge in [-0.15, -0.1) is 15.7 Å². The van der Waals surface area contributed by atoms with Gasteiger partial charge < -0.3 is 10.4 Å². The van der Waals surface area contributed by atoms with E-state index in [1.165, 1.54) is 6.07 Å². The lowest BCUT2D eigenvalue weighted by molar-refractivity contribution is 0.0789. The standard InChI is InChI=1S/C19H27FN4O3S2/c1-10(2)15-13(20)8-22-16(11(3)4)17(15)23-18(25)24-29(21,27)14-7-12(9-28-14)19(5,6)26/h7-11,26H,1-6H3,(H3,21,23,24,25,27)/t29-/m1/s1. The van der Waals surface area contributed by atoms with Crippen molar-refractivity contribution in [3.05, 3.63) is 40.3 Å². The van der Waals surface area contributed by atoms with Crippen LogP contribution in [0.3, 0.4) is 0 Å². The van der Waals surface area contributed by atoms with Crippen molar-refractivity contribution in [3.8, 4) is 0 Å². The van der Waals surface area contributed by atoms with Crippen molar-refractivity contribution in [2.75, 3.05) is 5.32 Å².